The zero-order valence-corrected chi connectivity index (χ0v) is 25.5. The second kappa shape index (κ2) is 14.4. The number of nitrogens with zero attached hydrogens (tertiary/aromatic N) is 4. The second-order valence-corrected chi connectivity index (χ2v) is 10.9. The third-order valence-corrected chi connectivity index (χ3v) is 7.89. The van der Waals surface area contributed by atoms with Gasteiger partial charge >= 0.3 is 0 Å². The van der Waals surface area contributed by atoms with Crippen LogP contribution in [0.1, 0.15) is 57.2 Å². The largest absolute Gasteiger partial charge is 0.493 e. The minimum Gasteiger partial charge on any atom is -0.493 e. The number of hydrogen-bond donors (Lipinski definition) is 0. The molecule has 1 saturated carbocycles. The first-order chi connectivity index (χ1) is 20.6. The van der Waals surface area contributed by atoms with E-state index in [0.717, 1.165) is 73.3 Å². The predicted octanol–water partition coefficient (Wildman–Crippen LogP) is 6.82. The molecule has 3 aromatic rings. The van der Waals surface area contributed by atoms with Crippen LogP contribution in [-0.2, 0) is 4.74 Å². The summed E-state index contributed by atoms with van der Waals surface area (Å²) in [6, 6.07) is 23.1. The molecule has 3 aromatic carbocycles. The van der Waals surface area contributed by atoms with E-state index in [4.69, 9.17) is 19.3 Å². The Morgan fingerprint density at radius 3 is 1.86 bits per heavy atom. The maximum absolute atomic E-state index is 6.11. The molecule has 0 radical (unpaired) electrons. The molecule has 1 saturated heterocycles. The van der Waals surface area contributed by atoms with Crippen LogP contribution in [0, 0.1) is 5.92 Å². The average molecular weight is 569 g/mol. The van der Waals surface area contributed by atoms with Crippen molar-refractivity contribution in [2.75, 3.05) is 55.8 Å². The minimum atomic E-state index is 0.161. The number of epoxide rings is 1. The van der Waals surface area contributed by atoms with Crippen molar-refractivity contribution in [1.82, 2.24) is 0 Å². The van der Waals surface area contributed by atoms with Crippen LogP contribution in [0.25, 0.3) is 0 Å². The van der Waals surface area contributed by atoms with Crippen LogP contribution in [0.2, 0.25) is 0 Å². The Hall–Kier alpha value is -3.84. The number of anilines is 2. The lowest BCUT2D eigenvalue weighted by molar-refractivity contribution is 0.259. The van der Waals surface area contributed by atoms with Gasteiger partial charge in [0.2, 0.25) is 0 Å². The Bertz CT molecular complexity index is 1280. The Morgan fingerprint density at radius 2 is 1.36 bits per heavy atom. The summed E-state index contributed by atoms with van der Waals surface area (Å²) in [7, 11) is 0. The zero-order chi connectivity index (χ0) is 29.3. The molecule has 1 aliphatic heterocycles. The van der Waals surface area contributed by atoms with Gasteiger partial charge in [-0.05, 0) is 82.9 Å². The van der Waals surface area contributed by atoms with Gasteiger partial charge in [-0.3, -0.25) is 0 Å². The molecule has 0 amide bonds. The van der Waals surface area contributed by atoms with Crippen LogP contribution < -0.4 is 19.3 Å². The topological polar surface area (TPSA) is 62.2 Å². The standard InChI is InChI=1S/C35H44N4O3/c1-5-38(6-2)30-16-11-27(12-17-30)35(28-13-18-31(19-14-28)39(7-3)8-4)37-36-22-29-15-20-32(40-23-26-9-10-26)21-34(29)42-25-33-24-41-33/h11-22,26,33H,5-10,23-25H2,1-4H3/b36-22-. The Balaban J connectivity index is 1.43. The van der Waals surface area contributed by atoms with E-state index in [-0.39, 0.29) is 6.10 Å². The molecule has 1 heterocycles. The first-order valence-corrected chi connectivity index (χ1v) is 15.4. The van der Waals surface area contributed by atoms with Crippen LogP contribution >= 0.6 is 0 Å². The van der Waals surface area contributed by atoms with Crippen LogP contribution in [0.15, 0.2) is 76.9 Å². The fraction of sp³-hybridized carbons (Fsp3) is 0.429. The molecule has 0 aromatic heterocycles. The molecule has 0 N–H and O–H groups in total. The minimum absolute atomic E-state index is 0.161. The van der Waals surface area contributed by atoms with Gasteiger partial charge in [-0.1, -0.05) is 24.3 Å². The SMILES string of the molecule is CCN(CC)c1ccc(C(=N/N=C\c2ccc(OCC3CC3)cc2OCC2CO2)c2ccc(N(CC)CC)cc2)cc1. The van der Waals surface area contributed by atoms with Gasteiger partial charge in [0.1, 0.15) is 29.9 Å². The first-order valence-electron chi connectivity index (χ1n) is 15.4. The predicted molar refractivity (Wildman–Crippen MR) is 173 cm³/mol. The van der Waals surface area contributed by atoms with Crippen molar-refractivity contribution in [3.8, 4) is 11.5 Å². The van der Waals surface area contributed by atoms with Crippen molar-refractivity contribution in [1.29, 1.82) is 0 Å². The van der Waals surface area contributed by atoms with Crippen LogP contribution in [0.5, 0.6) is 11.5 Å². The highest BCUT2D eigenvalue weighted by atomic mass is 16.6. The van der Waals surface area contributed by atoms with Gasteiger partial charge in [0, 0.05) is 60.3 Å². The highest BCUT2D eigenvalue weighted by Gasteiger charge is 2.24. The molecule has 222 valence electrons. The fourth-order valence-electron chi connectivity index (χ4n) is 4.95. The molecule has 7 nitrogen and oxygen atoms in total. The lowest BCUT2D eigenvalue weighted by Gasteiger charge is -2.22. The van der Waals surface area contributed by atoms with Gasteiger partial charge in [-0.25, -0.2) is 0 Å². The summed E-state index contributed by atoms with van der Waals surface area (Å²) in [6.45, 7) is 14.6. The molecule has 1 unspecified atom stereocenters. The molecule has 2 fully saturated rings. The zero-order valence-electron chi connectivity index (χ0n) is 25.5. The monoisotopic (exact) mass is 568 g/mol. The smallest absolute Gasteiger partial charge is 0.131 e. The van der Waals surface area contributed by atoms with Gasteiger partial charge in [0.05, 0.1) is 19.4 Å². The molecule has 1 atom stereocenters. The quantitative estimate of drug-likeness (QED) is 0.108. The van der Waals surface area contributed by atoms with E-state index < -0.39 is 0 Å². The molecule has 5 rings (SSSR count). The summed E-state index contributed by atoms with van der Waals surface area (Å²) in [4.78, 5) is 4.67. The Morgan fingerprint density at radius 1 is 0.786 bits per heavy atom. The summed E-state index contributed by atoms with van der Waals surface area (Å²) in [5.74, 6) is 2.23. The Labute approximate surface area is 250 Å². The van der Waals surface area contributed by atoms with Crippen LogP contribution in [0.4, 0.5) is 11.4 Å². The first kappa shape index (κ1) is 29.6. The van der Waals surface area contributed by atoms with Gasteiger partial charge in [-0.2, -0.15) is 5.10 Å². The maximum Gasteiger partial charge on any atom is 0.131 e. The van der Waals surface area contributed by atoms with E-state index in [1.807, 2.05) is 18.2 Å². The van der Waals surface area contributed by atoms with Crippen molar-refractivity contribution < 1.29 is 14.2 Å². The van der Waals surface area contributed by atoms with Gasteiger partial charge < -0.3 is 24.0 Å². The molecular formula is C35H44N4O3. The van der Waals surface area contributed by atoms with Crippen molar-refractivity contribution in [2.45, 2.75) is 46.6 Å². The summed E-state index contributed by atoms with van der Waals surface area (Å²) in [6.07, 6.45) is 4.43. The number of hydrogen-bond acceptors (Lipinski definition) is 7. The summed E-state index contributed by atoms with van der Waals surface area (Å²) in [5, 5.41) is 9.36. The van der Waals surface area contributed by atoms with Crippen LogP contribution in [0.3, 0.4) is 0 Å². The number of rotatable bonds is 16. The molecule has 42 heavy (non-hydrogen) atoms. The maximum atomic E-state index is 6.11. The number of ether oxygens (including phenoxy) is 3. The van der Waals surface area contributed by atoms with E-state index in [1.54, 1.807) is 6.21 Å². The molecule has 1 aliphatic carbocycles. The third-order valence-electron chi connectivity index (χ3n) is 7.89. The normalized spacial score (nSPS) is 15.9. The van der Waals surface area contributed by atoms with Crippen molar-refractivity contribution in [3.05, 3.63) is 83.4 Å². The molecular weight excluding hydrogens is 524 g/mol. The summed E-state index contributed by atoms with van der Waals surface area (Å²) < 4.78 is 17.5. The van der Waals surface area contributed by atoms with Crippen LogP contribution in [-0.4, -0.2) is 64.0 Å². The van der Waals surface area contributed by atoms with Gasteiger partial charge in [0.25, 0.3) is 0 Å². The van der Waals surface area contributed by atoms with E-state index >= 15 is 0 Å². The van der Waals surface area contributed by atoms with E-state index in [2.05, 4.69) is 91.1 Å². The highest BCUT2D eigenvalue weighted by Crippen LogP contribution is 2.31. The molecule has 2 aliphatic rings. The second-order valence-electron chi connectivity index (χ2n) is 10.9. The number of benzene rings is 3. The van der Waals surface area contributed by atoms with Crippen molar-refractivity contribution in [2.24, 2.45) is 16.1 Å². The lowest BCUT2D eigenvalue weighted by atomic mass is 10.0. The average Bonchev–Trinajstić information content (AvgIpc) is 3.96. The van der Waals surface area contributed by atoms with Crippen molar-refractivity contribution in [3.63, 3.8) is 0 Å². The lowest BCUT2D eigenvalue weighted by Crippen LogP contribution is -2.22. The van der Waals surface area contributed by atoms with E-state index in [9.17, 15) is 0 Å². The summed E-state index contributed by atoms with van der Waals surface area (Å²) in [5.41, 5.74) is 6.12. The highest BCUT2D eigenvalue weighted by molar-refractivity contribution is 6.13. The van der Waals surface area contributed by atoms with E-state index in [0.29, 0.717) is 12.5 Å². The Kier molecular flexibility index (Phi) is 10.1. The molecule has 0 spiro atoms. The summed E-state index contributed by atoms with van der Waals surface area (Å²) >= 11 is 0. The molecule has 0 bridgehead atoms. The third kappa shape index (κ3) is 7.91. The van der Waals surface area contributed by atoms with Gasteiger partial charge in [-0.15, -0.1) is 5.10 Å². The van der Waals surface area contributed by atoms with Crippen molar-refractivity contribution >= 4 is 23.3 Å². The van der Waals surface area contributed by atoms with E-state index in [1.165, 1.54) is 24.2 Å². The molecule has 7 heteroatoms. The fourth-order valence-corrected chi connectivity index (χ4v) is 4.95. The van der Waals surface area contributed by atoms with Gasteiger partial charge in [0.15, 0.2) is 0 Å².